The van der Waals surface area contributed by atoms with Gasteiger partial charge in [-0.15, -0.1) is 0 Å². The Kier molecular flexibility index (Phi) is 5.61. The SMILES string of the molecule is COC(=O)C1CCCN1C(=O)CCOc1cccc(Br)c1. The Hall–Kier alpha value is -1.56. The number of rotatable bonds is 5. The van der Waals surface area contributed by atoms with Crippen LogP contribution in [0.1, 0.15) is 19.3 Å². The minimum atomic E-state index is -0.437. The number of halogens is 1. The van der Waals surface area contributed by atoms with Gasteiger partial charge in [0.15, 0.2) is 0 Å². The molecule has 1 aromatic carbocycles. The van der Waals surface area contributed by atoms with E-state index in [0.717, 1.165) is 10.9 Å². The number of carbonyl (C=O) groups excluding carboxylic acids is 2. The van der Waals surface area contributed by atoms with Crippen molar-refractivity contribution in [3.05, 3.63) is 28.7 Å². The van der Waals surface area contributed by atoms with Crippen LogP contribution in [0, 0.1) is 0 Å². The predicted octanol–water partition coefficient (Wildman–Crippen LogP) is 2.38. The molecule has 1 fully saturated rings. The molecular formula is C15H18BrNO4. The molecule has 114 valence electrons. The van der Waals surface area contributed by atoms with Crippen LogP contribution in [0.15, 0.2) is 28.7 Å². The van der Waals surface area contributed by atoms with Gasteiger partial charge in [0.05, 0.1) is 20.1 Å². The first-order chi connectivity index (χ1) is 10.1. The molecule has 1 aliphatic rings. The third-order valence-electron chi connectivity index (χ3n) is 3.43. The van der Waals surface area contributed by atoms with Gasteiger partial charge in [0, 0.05) is 11.0 Å². The van der Waals surface area contributed by atoms with Crippen molar-refractivity contribution in [3.63, 3.8) is 0 Å². The van der Waals surface area contributed by atoms with Crippen LogP contribution in [-0.4, -0.2) is 43.1 Å². The predicted molar refractivity (Wildman–Crippen MR) is 81.0 cm³/mol. The zero-order valence-electron chi connectivity index (χ0n) is 11.9. The number of esters is 1. The molecule has 1 atom stereocenters. The first-order valence-electron chi connectivity index (χ1n) is 6.87. The standard InChI is InChI=1S/C15H18BrNO4/c1-20-15(19)13-6-3-8-17(13)14(18)7-9-21-12-5-2-4-11(16)10-12/h2,4-5,10,13H,3,6-9H2,1H3. The second-order valence-electron chi connectivity index (χ2n) is 4.82. The molecule has 0 aliphatic carbocycles. The topological polar surface area (TPSA) is 55.8 Å². The molecule has 21 heavy (non-hydrogen) atoms. The normalized spacial score (nSPS) is 17.6. The highest BCUT2D eigenvalue weighted by Gasteiger charge is 2.34. The summed E-state index contributed by atoms with van der Waals surface area (Å²) in [4.78, 5) is 25.4. The lowest BCUT2D eigenvalue weighted by atomic mass is 10.2. The summed E-state index contributed by atoms with van der Waals surface area (Å²) in [5.74, 6) is 0.301. The second kappa shape index (κ2) is 7.45. The van der Waals surface area contributed by atoms with E-state index < -0.39 is 6.04 Å². The number of hydrogen-bond donors (Lipinski definition) is 0. The summed E-state index contributed by atoms with van der Waals surface area (Å²) in [5, 5.41) is 0. The van der Waals surface area contributed by atoms with Gasteiger partial charge in [-0.3, -0.25) is 4.79 Å². The molecule has 0 spiro atoms. The molecule has 1 unspecified atom stereocenters. The van der Waals surface area contributed by atoms with Crippen molar-refractivity contribution in [2.75, 3.05) is 20.3 Å². The highest BCUT2D eigenvalue weighted by molar-refractivity contribution is 9.10. The van der Waals surface area contributed by atoms with E-state index in [9.17, 15) is 9.59 Å². The van der Waals surface area contributed by atoms with Gasteiger partial charge >= 0.3 is 5.97 Å². The second-order valence-corrected chi connectivity index (χ2v) is 5.74. The van der Waals surface area contributed by atoms with Gasteiger partial charge in [-0.1, -0.05) is 22.0 Å². The van der Waals surface area contributed by atoms with E-state index in [2.05, 4.69) is 15.9 Å². The number of methoxy groups -OCH3 is 1. The van der Waals surface area contributed by atoms with Crippen LogP contribution in [0.25, 0.3) is 0 Å². The fourth-order valence-electron chi connectivity index (χ4n) is 2.40. The number of amides is 1. The number of nitrogens with zero attached hydrogens (tertiary/aromatic N) is 1. The quantitative estimate of drug-likeness (QED) is 0.761. The Balaban J connectivity index is 1.83. The zero-order valence-corrected chi connectivity index (χ0v) is 13.5. The Morgan fingerprint density at radius 3 is 2.95 bits per heavy atom. The van der Waals surface area contributed by atoms with E-state index in [1.54, 1.807) is 4.90 Å². The van der Waals surface area contributed by atoms with Crippen molar-refractivity contribution >= 4 is 27.8 Å². The van der Waals surface area contributed by atoms with Crippen LogP contribution in [0.2, 0.25) is 0 Å². The molecular weight excluding hydrogens is 338 g/mol. The molecule has 6 heteroatoms. The Bertz CT molecular complexity index is 520. The maximum atomic E-state index is 12.2. The van der Waals surface area contributed by atoms with Crippen LogP contribution in [0.5, 0.6) is 5.75 Å². The highest BCUT2D eigenvalue weighted by Crippen LogP contribution is 2.20. The van der Waals surface area contributed by atoms with Crippen LogP contribution in [0.3, 0.4) is 0 Å². The minimum absolute atomic E-state index is 0.0714. The Morgan fingerprint density at radius 1 is 1.43 bits per heavy atom. The molecule has 1 heterocycles. The zero-order chi connectivity index (χ0) is 15.2. The van der Waals surface area contributed by atoms with Gasteiger partial charge < -0.3 is 14.4 Å². The number of benzene rings is 1. The molecule has 1 amide bonds. The summed E-state index contributed by atoms with van der Waals surface area (Å²) in [5.41, 5.74) is 0. The minimum Gasteiger partial charge on any atom is -0.493 e. The number of likely N-dealkylation sites (tertiary alicyclic amines) is 1. The lowest BCUT2D eigenvalue weighted by Crippen LogP contribution is -2.41. The summed E-state index contributed by atoms with van der Waals surface area (Å²) in [6, 6.07) is 7.02. The van der Waals surface area contributed by atoms with E-state index in [-0.39, 0.29) is 18.3 Å². The van der Waals surface area contributed by atoms with Crippen molar-refractivity contribution < 1.29 is 19.1 Å². The number of hydrogen-bond acceptors (Lipinski definition) is 4. The maximum Gasteiger partial charge on any atom is 0.328 e. The lowest BCUT2D eigenvalue weighted by Gasteiger charge is -2.22. The Labute approximate surface area is 132 Å². The van der Waals surface area contributed by atoms with Crippen LogP contribution < -0.4 is 4.74 Å². The number of carbonyl (C=O) groups is 2. The Morgan fingerprint density at radius 2 is 2.24 bits per heavy atom. The molecule has 2 rings (SSSR count). The summed E-state index contributed by atoms with van der Waals surface area (Å²) in [6.45, 7) is 0.898. The van der Waals surface area contributed by atoms with Gasteiger partial charge in [0.25, 0.3) is 0 Å². The molecule has 0 N–H and O–H groups in total. The van der Waals surface area contributed by atoms with Crippen LogP contribution >= 0.6 is 15.9 Å². The van der Waals surface area contributed by atoms with E-state index in [1.807, 2.05) is 24.3 Å². The first-order valence-corrected chi connectivity index (χ1v) is 7.67. The third kappa shape index (κ3) is 4.20. The average Bonchev–Trinajstić information content (AvgIpc) is 2.96. The van der Waals surface area contributed by atoms with Gasteiger partial charge in [0.2, 0.25) is 5.91 Å². The summed E-state index contributed by atoms with van der Waals surface area (Å²) in [7, 11) is 1.35. The van der Waals surface area contributed by atoms with E-state index in [1.165, 1.54) is 7.11 Å². The van der Waals surface area contributed by atoms with E-state index >= 15 is 0 Å². The molecule has 1 saturated heterocycles. The molecule has 1 aromatic rings. The van der Waals surface area contributed by atoms with Gasteiger partial charge in [0.1, 0.15) is 11.8 Å². The molecule has 0 saturated carbocycles. The van der Waals surface area contributed by atoms with E-state index in [4.69, 9.17) is 9.47 Å². The molecule has 0 aromatic heterocycles. The molecule has 0 bridgehead atoms. The summed E-state index contributed by atoms with van der Waals surface area (Å²) >= 11 is 3.36. The van der Waals surface area contributed by atoms with Crippen molar-refractivity contribution in [2.45, 2.75) is 25.3 Å². The monoisotopic (exact) mass is 355 g/mol. The first kappa shape index (κ1) is 15.8. The maximum absolute atomic E-state index is 12.2. The average molecular weight is 356 g/mol. The van der Waals surface area contributed by atoms with E-state index in [0.29, 0.717) is 25.3 Å². The summed E-state index contributed by atoms with van der Waals surface area (Å²) < 4.78 is 11.2. The number of ether oxygens (including phenoxy) is 2. The largest absolute Gasteiger partial charge is 0.493 e. The van der Waals surface area contributed by atoms with Gasteiger partial charge in [-0.25, -0.2) is 4.79 Å². The van der Waals surface area contributed by atoms with Crippen molar-refractivity contribution in [2.24, 2.45) is 0 Å². The lowest BCUT2D eigenvalue weighted by molar-refractivity contribution is -0.151. The highest BCUT2D eigenvalue weighted by atomic mass is 79.9. The molecule has 5 nitrogen and oxygen atoms in total. The van der Waals surface area contributed by atoms with Crippen LogP contribution in [0.4, 0.5) is 0 Å². The summed E-state index contributed by atoms with van der Waals surface area (Å²) in [6.07, 6.45) is 1.75. The fraction of sp³-hybridized carbons (Fsp3) is 0.467. The smallest absolute Gasteiger partial charge is 0.328 e. The van der Waals surface area contributed by atoms with Crippen molar-refractivity contribution in [1.29, 1.82) is 0 Å². The third-order valence-corrected chi connectivity index (χ3v) is 3.92. The molecule has 0 radical (unpaired) electrons. The fourth-order valence-corrected chi connectivity index (χ4v) is 2.78. The van der Waals surface area contributed by atoms with Gasteiger partial charge in [-0.05, 0) is 31.0 Å². The van der Waals surface area contributed by atoms with Crippen LogP contribution in [-0.2, 0) is 14.3 Å². The van der Waals surface area contributed by atoms with Gasteiger partial charge in [-0.2, -0.15) is 0 Å². The van der Waals surface area contributed by atoms with Crippen molar-refractivity contribution in [3.8, 4) is 5.75 Å². The van der Waals surface area contributed by atoms with Crippen molar-refractivity contribution in [1.82, 2.24) is 4.90 Å². The molecule has 1 aliphatic heterocycles.